The van der Waals surface area contributed by atoms with Crippen molar-refractivity contribution in [3.63, 3.8) is 0 Å². The van der Waals surface area contributed by atoms with Crippen LogP contribution in [0.25, 0.3) is 0 Å². The Morgan fingerprint density at radius 3 is 2.69 bits per heavy atom. The van der Waals surface area contributed by atoms with E-state index in [0.29, 0.717) is 0 Å². The predicted octanol–water partition coefficient (Wildman–Crippen LogP) is 2.23. The van der Waals surface area contributed by atoms with E-state index in [1.807, 2.05) is 17.9 Å². The Labute approximate surface area is 99.2 Å². The number of aromatic nitrogens is 2. The molecule has 0 aliphatic heterocycles. The lowest BCUT2D eigenvalue weighted by molar-refractivity contribution is 0.344. The molecular formula is C13H25N3. The van der Waals surface area contributed by atoms with Crippen molar-refractivity contribution in [3.05, 3.63) is 18.0 Å². The average Bonchev–Trinajstić information content (AvgIpc) is 2.64. The highest BCUT2D eigenvalue weighted by atomic mass is 15.2. The van der Waals surface area contributed by atoms with Crippen LogP contribution in [0.5, 0.6) is 0 Å². The van der Waals surface area contributed by atoms with Gasteiger partial charge in [-0.2, -0.15) is 5.10 Å². The monoisotopic (exact) mass is 223 g/mol. The maximum absolute atomic E-state index is 4.20. The molecule has 1 aromatic heterocycles. The second-order valence-corrected chi connectivity index (χ2v) is 4.87. The average molecular weight is 223 g/mol. The molecule has 3 heteroatoms. The van der Waals surface area contributed by atoms with Gasteiger partial charge in [-0.15, -0.1) is 0 Å². The topological polar surface area (TPSA) is 29.9 Å². The van der Waals surface area contributed by atoms with Gasteiger partial charge in [0, 0.05) is 13.2 Å². The van der Waals surface area contributed by atoms with Crippen molar-refractivity contribution in [1.82, 2.24) is 15.1 Å². The zero-order valence-corrected chi connectivity index (χ0v) is 11.0. The summed E-state index contributed by atoms with van der Waals surface area (Å²) < 4.78 is 1.88. The minimum absolute atomic E-state index is 0.746. The van der Waals surface area contributed by atoms with Crippen LogP contribution >= 0.6 is 0 Å². The minimum Gasteiger partial charge on any atom is -0.317 e. The molecule has 1 rings (SSSR count). The maximum Gasteiger partial charge on any atom is 0.0521 e. The third kappa shape index (κ3) is 4.35. The van der Waals surface area contributed by atoms with Gasteiger partial charge in [-0.3, -0.25) is 4.68 Å². The molecule has 0 aromatic carbocycles. The van der Waals surface area contributed by atoms with Crippen molar-refractivity contribution in [2.24, 2.45) is 18.9 Å². The molecule has 1 heterocycles. The Kier molecular flexibility index (Phi) is 5.53. The molecule has 0 fully saturated rings. The quantitative estimate of drug-likeness (QED) is 0.768. The molecule has 1 unspecified atom stereocenters. The summed E-state index contributed by atoms with van der Waals surface area (Å²) in [5.41, 5.74) is 1.35. The molecule has 0 radical (unpaired) electrons. The van der Waals surface area contributed by atoms with E-state index in [-0.39, 0.29) is 0 Å². The first-order valence-electron chi connectivity index (χ1n) is 6.31. The minimum atomic E-state index is 0.746. The fourth-order valence-corrected chi connectivity index (χ4v) is 1.95. The molecule has 0 aliphatic carbocycles. The SMILES string of the molecule is CCNCC(CCc1cnn(C)c1)C(C)C. The smallest absolute Gasteiger partial charge is 0.0521 e. The van der Waals surface area contributed by atoms with Crippen LogP contribution in [0.1, 0.15) is 32.8 Å². The van der Waals surface area contributed by atoms with Gasteiger partial charge in [0.2, 0.25) is 0 Å². The van der Waals surface area contributed by atoms with Gasteiger partial charge in [0.05, 0.1) is 6.20 Å². The molecule has 0 bridgehead atoms. The molecule has 0 saturated heterocycles. The fraction of sp³-hybridized carbons (Fsp3) is 0.769. The van der Waals surface area contributed by atoms with E-state index < -0.39 is 0 Å². The van der Waals surface area contributed by atoms with Gasteiger partial charge in [0.25, 0.3) is 0 Å². The van der Waals surface area contributed by atoms with Gasteiger partial charge in [0.1, 0.15) is 0 Å². The normalized spacial score (nSPS) is 13.3. The van der Waals surface area contributed by atoms with Crippen molar-refractivity contribution < 1.29 is 0 Å². The summed E-state index contributed by atoms with van der Waals surface area (Å²) in [6.45, 7) is 8.99. The van der Waals surface area contributed by atoms with Crippen molar-refractivity contribution in [2.75, 3.05) is 13.1 Å². The summed E-state index contributed by atoms with van der Waals surface area (Å²) in [5, 5.41) is 7.65. The zero-order chi connectivity index (χ0) is 12.0. The molecular weight excluding hydrogens is 198 g/mol. The van der Waals surface area contributed by atoms with E-state index in [4.69, 9.17) is 0 Å². The number of hydrogen-bond acceptors (Lipinski definition) is 2. The Hall–Kier alpha value is -0.830. The summed E-state index contributed by atoms with van der Waals surface area (Å²) in [6.07, 6.45) is 6.48. The van der Waals surface area contributed by atoms with Crippen LogP contribution in [0, 0.1) is 11.8 Å². The van der Waals surface area contributed by atoms with E-state index in [0.717, 1.165) is 31.3 Å². The van der Waals surface area contributed by atoms with Crippen LogP contribution in [0.3, 0.4) is 0 Å². The third-order valence-electron chi connectivity index (χ3n) is 3.16. The number of nitrogens with one attached hydrogen (secondary N) is 1. The van der Waals surface area contributed by atoms with Crippen LogP contribution in [0.15, 0.2) is 12.4 Å². The lowest BCUT2D eigenvalue weighted by atomic mass is 9.90. The molecule has 1 N–H and O–H groups in total. The first kappa shape index (κ1) is 13.2. The Morgan fingerprint density at radius 1 is 1.44 bits per heavy atom. The highest BCUT2D eigenvalue weighted by Crippen LogP contribution is 2.17. The summed E-state index contributed by atoms with van der Waals surface area (Å²) in [4.78, 5) is 0. The molecule has 1 aromatic rings. The van der Waals surface area contributed by atoms with Crippen LogP contribution in [-0.2, 0) is 13.5 Å². The molecule has 92 valence electrons. The van der Waals surface area contributed by atoms with E-state index in [2.05, 4.69) is 37.4 Å². The number of nitrogens with zero attached hydrogens (tertiary/aromatic N) is 2. The van der Waals surface area contributed by atoms with Gasteiger partial charge < -0.3 is 5.32 Å². The summed E-state index contributed by atoms with van der Waals surface area (Å²) >= 11 is 0. The standard InChI is InChI=1S/C13H25N3/c1-5-14-9-13(11(2)3)7-6-12-8-15-16(4)10-12/h8,10-11,13-14H,5-7,9H2,1-4H3. The van der Waals surface area contributed by atoms with E-state index >= 15 is 0 Å². The van der Waals surface area contributed by atoms with Crippen molar-refractivity contribution in [3.8, 4) is 0 Å². The number of rotatable bonds is 7. The van der Waals surface area contributed by atoms with Gasteiger partial charge in [-0.05, 0) is 43.3 Å². The molecule has 0 spiro atoms. The molecule has 3 nitrogen and oxygen atoms in total. The highest BCUT2D eigenvalue weighted by Gasteiger charge is 2.12. The van der Waals surface area contributed by atoms with E-state index in [9.17, 15) is 0 Å². The molecule has 1 atom stereocenters. The maximum atomic E-state index is 4.20. The highest BCUT2D eigenvalue weighted by molar-refractivity contribution is 5.03. The van der Waals surface area contributed by atoms with Gasteiger partial charge in [-0.1, -0.05) is 20.8 Å². The molecule has 0 aliphatic rings. The first-order valence-corrected chi connectivity index (χ1v) is 6.31. The lowest BCUT2D eigenvalue weighted by Gasteiger charge is -2.20. The molecule has 16 heavy (non-hydrogen) atoms. The predicted molar refractivity (Wildman–Crippen MR) is 68.4 cm³/mol. The molecule has 0 amide bonds. The Morgan fingerprint density at radius 2 is 2.19 bits per heavy atom. The van der Waals surface area contributed by atoms with Gasteiger partial charge in [0.15, 0.2) is 0 Å². The van der Waals surface area contributed by atoms with E-state index in [1.165, 1.54) is 12.0 Å². The van der Waals surface area contributed by atoms with Crippen molar-refractivity contribution in [1.29, 1.82) is 0 Å². The second-order valence-electron chi connectivity index (χ2n) is 4.87. The van der Waals surface area contributed by atoms with Crippen molar-refractivity contribution in [2.45, 2.75) is 33.6 Å². The Balaban J connectivity index is 2.37. The van der Waals surface area contributed by atoms with Crippen LogP contribution < -0.4 is 5.32 Å². The zero-order valence-electron chi connectivity index (χ0n) is 11.0. The third-order valence-corrected chi connectivity index (χ3v) is 3.16. The van der Waals surface area contributed by atoms with Crippen LogP contribution in [0.2, 0.25) is 0 Å². The first-order chi connectivity index (χ1) is 7.63. The Bertz CT molecular complexity index is 291. The van der Waals surface area contributed by atoms with Crippen LogP contribution in [0.4, 0.5) is 0 Å². The summed E-state index contributed by atoms with van der Waals surface area (Å²) in [5.74, 6) is 1.51. The van der Waals surface area contributed by atoms with Gasteiger partial charge >= 0.3 is 0 Å². The van der Waals surface area contributed by atoms with E-state index in [1.54, 1.807) is 0 Å². The van der Waals surface area contributed by atoms with Crippen LogP contribution in [-0.4, -0.2) is 22.9 Å². The fourth-order valence-electron chi connectivity index (χ4n) is 1.95. The van der Waals surface area contributed by atoms with Crippen molar-refractivity contribution >= 4 is 0 Å². The lowest BCUT2D eigenvalue weighted by Crippen LogP contribution is -2.26. The molecule has 0 saturated carbocycles. The largest absolute Gasteiger partial charge is 0.317 e. The number of hydrogen-bond donors (Lipinski definition) is 1. The van der Waals surface area contributed by atoms with Gasteiger partial charge in [-0.25, -0.2) is 0 Å². The number of aryl methyl sites for hydroxylation is 2. The second kappa shape index (κ2) is 6.69. The summed E-state index contributed by atoms with van der Waals surface area (Å²) in [7, 11) is 1.97. The summed E-state index contributed by atoms with van der Waals surface area (Å²) in [6, 6.07) is 0.